The number of phenols is 1. The smallest absolute Gasteiger partial charge is 0.338 e. The van der Waals surface area contributed by atoms with E-state index in [1.54, 1.807) is 6.07 Å². The van der Waals surface area contributed by atoms with E-state index in [1.165, 1.54) is 25.7 Å². The van der Waals surface area contributed by atoms with Crippen LogP contribution in [0.2, 0.25) is 0 Å². The molecule has 0 aliphatic carbocycles. The van der Waals surface area contributed by atoms with Crippen molar-refractivity contribution in [3.05, 3.63) is 23.8 Å². The maximum Gasteiger partial charge on any atom is 0.338 e. The Kier molecular flexibility index (Phi) is 5.09. The van der Waals surface area contributed by atoms with Crippen molar-refractivity contribution < 1.29 is 24.2 Å². The van der Waals surface area contributed by atoms with E-state index >= 15 is 0 Å². The molecule has 0 radical (unpaired) electrons. The lowest BCUT2D eigenvalue weighted by atomic mass is 9.70. The van der Waals surface area contributed by atoms with Crippen LogP contribution in [0.5, 0.6) is 11.5 Å². The van der Waals surface area contributed by atoms with Crippen LogP contribution in [0, 0.1) is 11.8 Å². The number of phenolic OH excluding ortho intramolecular Hbond substituents is 1. The molecule has 7 heteroatoms. The molecule has 0 spiro atoms. The minimum absolute atomic E-state index is 0.00183. The number of ether oxygens (including phenoxy) is 2. The molecule has 0 unspecified atom stereocenters. The maximum absolute atomic E-state index is 12.7. The summed E-state index contributed by atoms with van der Waals surface area (Å²) in [5, 5.41) is 9.74. The van der Waals surface area contributed by atoms with Gasteiger partial charge in [-0.2, -0.15) is 0 Å². The van der Waals surface area contributed by atoms with Crippen molar-refractivity contribution in [2.45, 2.75) is 56.7 Å². The predicted octanol–water partition coefficient (Wildman–Crippen LogP) is 2.42. The molecule has 1 N–H and O–H groups in total. The highest BCUT2D eigenvalue weighted by Gasteiger charge is 2.49. The number of methoxy groups -OCH3 is 1. The Morgan fingerprint density at radius 1 is 1.13 bits per heavy atom. The Balaban J connectivity index is 1.26. The van der Waals surface area contributed by atoms with Crippen LogP contribution in [-0.2, 0) is 9.53 Å². The number of aromatic hydroxyl groups is 1. The summed E-state index contributed by atoms with van der Waals surface area (Å²) in [7, 11) is 1.46. The van der Waals surface area contributed by atoms with E-state index in [1.807, 2.05) is 0 Å². The van der Waals surface area contributed by atoms with Gasteiger partial charge in [-0.3, -0.25) is 9.69 Å². The van der Waals surface area contributed by atoms with Gasteiger partial charge in [0.15, 0.2) is 11.5 Å². The second kappa shape index (κ2) is 7.76. The average Bonchev–Trinajstić information content (AvgIpc) is 2.75. The molecule has 5 atom stereocenters. The summed E-state index contributed by atoms with van der Waals surface area (Å²) in [5.74, 6) is 1.28. The van der Waals surface area contributed by atoms with E-state index in [9.17, 15) is 14.7 Å². The molecule has 4 aliphatic rings. The fourth-order valence-electron chi connectivity index (χ4n) is 6.18. The van der Waals surface area contributed by atoms with Gasteiger partial charge in [0.25, 0.3) is 0 Å². The lowest BCUT2D eigenvalue weighted by Gasteiger charge is -2.57. The van der Waals surface area contributed by atoms with Crippen LogP contribution in [0.3, 0.4) is 0 Å². The molecule has 162 valence electrons. The zero-order valence-corrected chi connectivity index (χ0v) is 17.5. The lowest BCUT2D eigenvalue weighted by molar-refractivity contribution is -0.150. The number of benzene rings is 1. The van der Waals surface area contributed by atoms with Gasteiger partial charge in [0.2, 0.25) is 5.91 Å². The monoisotopic (exact) mass is 414 g/mol. The quantitative estimate of drug-likeness (QED) is 0.766. The van der Waals surface area contributed by atoms with Crippen molar-refractivity contribution in [3.63, 3.8) is 0 Å². The van der Waals surface area contributed by atoms with Crippen LogP contribution in [-0.4, -0.2) is 71.7 Å². The Bertz CT molecular complexity index is 843. The first-order chi connectivity index (χ1) is 14.5. The molecule has 2 bridgehead atoms. The number of fused-ring (bicyclic) bond motifs is 6. The van der Waals surface area contributed by atoms with Gasteiger partial charge in [0.05, 0.1) is 12.7 Å². The van der Waals surface area contributed by atoms with E-state index in [-0.39, 0.29) is 23.6 Å². The minimum Gasteiger partial charge on any atom is -0.504 e. The van der Waals surface area contributed by atoms with Crippen molar-refractivity contribution in [2.75, 3.05) is 26.7 Å². The second-order valence-corrected chi connectivity index (χ2v) is 9.26. The first-order valence-corrected chi connectivity index (χ1v) is 11.1. The van der Waals surface area contributed by atoms with Gasteiger partial charge in [-0.1, -0.05) is 0 Å². The number of nitrogens with zero attached hydrogens (tertiary/aromatic N) is 2. The van der Waals surface area contributed by atoms with Crippen LogP contribution >= 0.6 is 0 Å². The molecule has 0 saturated carbocycles. The third-order valence-electron chi connectivity index (χ3n) is 7.61. The topological polar surface area (TPSA) is 79.3 Å². The molecular formula is C23H30N2O5. The van der Waals surface area contributed by atoms with Crippen LogP contribution < -0.4 is 4.74 Å². The summed E-state index contributed by atoms with van der Waals surface area (Å²) < 4.78 is 10.9. The molecule has 1 amide bonds. The molecule has 4 fully saturated rings. The van der Waals surface area contributed by atoms with Crippen molar-refractivity contribution >= 4 is 11.9 Å². The van der Waals surface area contributed by atoms with Crippen molar-refractivity contribution in [1.82, 2.24) is 9.80 Å². The molecule has 4 heterocycles. The number of hydrogen-bond donors (Lipinski definition) is 1. The predicted molar refractivity (Wildman–Crippen MR) is 109 cm³/mol. The zero-order chi connectivity index (χ0) is 20.8. The molecule has 4 saturated heterocycles. The number of esters is 1. The highest BCUT2D eigenvalue weighted by Crippen LogP contribution is 2.43. The summed E-state index contributed by atoms with van der Waals surface area (Å²) in [6.45, 7) is 2.86. The molecule has 5 rings (SSSR count). The van der Waals surface area contributed by atoms with Crippen LogP contribution in [0.1, 0.15) is 48.9 Å². The normalized spacial score (nSPS) is 33.4. The highest BCUT2D eigenvalue weighted by atomic mass is 16.5. The number of piperidine rings is 4. The molecule has 0 aromatic heterocycles. The van der Waals surface area contributed by atoms with Gasteiger partial charge in [-0.25, -0.2) is 4.79 Å². The molecular weight excluding hydrogens is 384 g/mol. The Hall–Kier alpha value is -2.28. The molecule has 1 aromatic carbocycles. The fourth-order valence-corrected chi connectivity index (χ4v) is 6.18. The average molecular weight is 415 g/mol. The van der Waals surface area contributed by atoms with Gasteiger partial charge in [-0.15, -0.1) is 0 Å². The van der Waals surface area contributed by atoms with Gasteiger partial charge < -0.3 is 19.5 Å². The maximum atomic E-state index is 12.7. The van der Waals surface area contributed by atoms with E-state index in [0.717, 1.165) is 45.3 Å². The van der Waals surface area contributed by atoms with Crippen LogP contribution in [0.15, 0.2) is 18.2 Å². The number of hydrogen-bond acceptors (Lipinski definition) is 6. The third kappa shape index (κ3) is 3.43. The number of amides is 1. The summed E-state index contributed by atoms with van der Waals surface area (Å²) in [6.07, 6.45) is 5.61. The Labute approximate surface area is 176 Å². The highest BCUT2D eigenvalue weighted by molar-refractivity contribution is 5.90. The van der Waals surface area contributed by atoms with Crippen molar-refractivity contribution in [1.29, 1.82) is 0 Å². The van der Waals surface area contributed by atoms with Crippen molar-refractivity contribution in [3.8, 4) is 11.5 Å². The summed E-state index contributed by atoms with van der Waals surface area (Å²) >= 11 is 0. The number of rotatable bonds is 3. The summed E-state index contributed by atoms with van der Waals surface area (Å²) in [5.41, 5.74) is 0.384. The summed E-state index contributed by atoms with van der Waals surface area (Å²) in [4.78, 5) is 29.9. The Morgan fingerprint density at radius 3 is 2.80 bits per heavy atom. The van der Waals surface area contributed by atoms with Gasteiger partial charge in [0, 0.05) is 44.6 Å². The number of carbonyl (C=O) groups excluding carboxylic acids is 2. The van der Waals surface area contributed by atoms with Gasteiger partial charge in [0.1, 0.15) is 6.10 Å². The fraction of sp³-hybridized carbons (Fsp3) is 0.652. The van der Waals surface area contributed by atoms with E-state index in [4.69, 9.17) is 9.47 Å². The zero-order valence-electron chi connectivity index (χ0n) is 17.5. The first-order valence-electron chi connectivity index (χ1n) is 11.1. The van der Waals surface area contributed by atoms with Crippen molar-refractivity contribution in [2.24, 2.45) is 11.8 Å². The standard InChI is InChI=1S/C23H30N2O5/c1-29-21-10-14(5-6-20(21)26)23(28)30-17-7-8-24-12-15-9-16(19(24)11-17)13-25-18(15)3-2-4-22(25)27/h5-6,10,15-19,26H,2-4,7-9,11-13H2,1H3/t15-,16-,17-,18-,19+/m0/s1. The van der Waals surface area contributed by atoms with Crippen LogP contribution in [0.4, 0.5) is 0 Å². The Morgan fingerprint density at radius 2 is 1.97 bits per heavy atom. The van der Waals surface area contributed by atoms with E-state index in [2.05, 4.69) is 9.80 Å². The molecule has 1 aromatic rings. The van der Waals surface area contributed by atoms with E-state index < -0.39 is 0 Å². The minimum atomic E-state index is -0.379. The second-order valence-electron chi connectivity index (χ2n) is 9.26. The number of carbonyl (C=O) groups is 2. The molecule has 4 aliphatic heterocycles. The third-order valence-corrected chi connectivity index (χ3v) is 7.61. The van der Waals surface area contributed by atoms with E-state index in [0.29, 0.717) is 41.8 Å². The first kappa shape index (κ1) is 19.7. The SMILES string of the molecule is COc1cc(C(=O)O[C@H]2CCN3C[C@@H]4C[C@@H](CN5C(=O)CCC[C@@H]45)[C@H]3C2)ccc1O. The largest absolute Gasteiger partial charge is 0.504 e. The summed E-state index contributed by atoms with van der Waals surface area (Å²) in [6, 6.07) is 5.33. The lowest BCUT2D eigenvalue weighted by Crippen LogP contribution is -2.65. The molecule has 30 heavy (non-hydrogen) atoms. The van der Waals surface area contributed by atoms with Gasteiger partial charge >= 0.3 is 5.97 Å². The van der Waals surface area contributed by atoms with Crippen LogP contribution in [0.25, 0.3) is 0 Å². The molecule has 7 nitrogen and oxygen atoms in total. The van der Waals surface area contributed by atoms with Gasteiger partial charge in [-0.05, 0) is 55.7 Å².